The number of hydrogen-bond acceptors (Lipinski definition) is 5. The number of nitrogens with two attached hydrogens (primary N) is 1. The second kappa shape index (κ2) is 8.63. The first-order chi connectivity index (χ1) is 17.6. The van der Waals surface area contributed by atoms with Crippen LogP contribution in [0.25, 0.3) is 27.9 Å². The second-order valence-corrected chi connectivity index (χ2v) is 11.3. The van der Waals surface area contributed by atoms with Crippen molar-refractivity contribution in [2.75, 3.05) is 13.1 Å². The summed E-state index contributed by atoms with van der Waals surface area (Å²) in [6.45, 7) is 6.78. The van der Waals surface area contributed by atoms with Crippen molar-refractivity contribution in [1.82, 2.24) is 24.1 Å². The van der Waals surface area contributed by atoms with Crippen molar-refractivity contribution in [1.29, 1.82) is 0 Å². The summed E-state index contributed by atoms with van der Waals surface area (Å²) in [6, 6.07) is 9.31. The Balaban J connectivity index is 1.42. The average molecular weight is 505 g/mol. The molecular formula is C28H33FN6O2. The molecule has 1 aliphatic carbocycles. The molecule has 0 bridgehead atoms. The van der Waals surface area contributed by atoms with Crippen LogP contribution in [0.15, 0.2) is 36.5 Å². The van der Waals surface area contributed by atoms with Crippen LogP contribution in [0.3, 0.4) is 0 Å². The lowest BCUT2D eigenvalue weighted by atomic mass is 10.0. The number of fused-ring (bicyclic) bond motifs is 2. The first-order valence-corrected chi connectivity index (χ1v) is 13.0. The van der Waals surface area contributed by atoms with Gasteiger partial charge in [-0.2, -0.15) is 5.10 Å². The van der Waals surface area contributed by atoms with Crippen LogP contribution in [0.1, 0.15) is 54.7 Å². The number of likely N-dealkylation sites (tertiary alicyclic amines) is 1. The number of piperidine rings is 1. The Hall–Kier alpha value is -3.30. The molecule has 2 fully saturated rings. The normalized spacial score (nSPS) is 20.8. The van der Waals surface area contributed by atoms with Crippen LogP contribution in [0.4, 0.5) is 4.39 Å². The Morgan fingerprint density at radius 2 is 2.00 bits per heavy atom. The molecule has 5 heterocycles. The molecule has 6 rings (SSSR count). The third kappa shape index (κ3) is 4.40. The fourth-order valence-electron chi connectivity index (χ4n) is 5.37. The van der Waals surface area contributed by atoms with Gasteiger partial charge in [0.25, 0.3) is 5.91 Å². The van der Waals surface area contributed by atoms with Gasteiger partial charge in [0, 0.05) is 36.3 Å². The molecule has 1 saturated heterocycles. The summed E-state index contributed by atoms with van der Waals surface area (Å²) in [7, 11) is 0. The van der Waals surface area contributed by atoms with Gasteiger partial charge in [-0.3, -0.25) is 4.79 Å². The van der Waals surface area contributed by atoms with Gasteiger partial charge in [0.2, 0.25) is 0 Å². The Labute approximate surface area is 214 Å². The van der Waals surface area contributed by atoms with E-state index in [0.29, 0.717) is 23.7 Å². The summed E-state index contributed by atoms with van der Waals surface area (Å²) in [5.74, 6) is 0.374. The van der Waals surface area contributed by atoms with Crippen molar-refractivity contribution in [2.45, 2.75) is 64.4 Å². The van der Waals surface area contributed by atoms with E-state index in [0.717, 1.165) is 40.0 Å². The van der Waals surface area contributed by atoms with Gasteiger partial charge >= 0.3 is 0 Å². The van der Waals surface area contributed by atoms with Crippen LogP contribution in [-0.4, -0.2) is 60.4 Å². The first kappa shape index (κ1) is 24.1. The van der Waals surface area contributed by atoms with Gasteiger partial charge in [0.05, 0.1) is 29.0 Å². The summed E-state index contributed by atoms with van der Waals surface area (Å²) in [4.78, 5) is 19.5. The number of hydrogen-bond donors (Lipinski definition) is 2. The quantitative estimate of drug-likeness (QED) is 0.430. The van der Waals surface area contributed by atoms with Crippen LogP contribution in [0, 0.1) is 12.8 Å². The number of nitrogens with zero attached hydrogens (tertiary/aromatic N) is 5. The van der Waals surface area contributed by atoms with E-state index in [1.165, 1.54) is 17.7 Å². The van der Waals surface area contributed by atoms with E-state index in [2.05, 4.69) is 10.6 Å². The highest BCUT2D eigenvalue weighted by molar-refractivity contribution is 5.95. The summed E-state index contributed by atoms with van der Waals surface area (Å²) in [6.07, 6.45) is 3.29. The predicted molar refractivity (Wildman–Crippen MR) is 140 cm³/mol. The van der Waals surface area contributed by atoms with E-state index in [1.807, 2.05) is 25.1 Å². The lowest BCUT2D eigenvalue weighted by molar-refractivity contribution is 0.0606. The first-order valence-electron chi connectivity index (χ1n) is 13.0. The minimum Gasteiger partial charge on any atom is -0.384 e. The van der Waals surface area contributed by atoms with Gasteiger partial charge in [0.1, 0.15) is 23.1 Å². The molecule has 0 aromatic carbocycles. The van der Waals surface area contributed by atoms with Gasteiger partial charge in [-0.1, -0.05) is 0 Å². The molecule has 1 aliphatic heterocycles. The average Bonchev–Trinajstić information content (AvgIpc) is 3.51. The van der Waals surface area contributed by atoms with Crippen molar-refractivity contribution in [3.05, 3.63) is 53.3 Å². The van der Waals surface area contributed by atoms with E-state index in [9.17, 15) is 14.3 Å². The van der Waals surface area contributed by atoms with E-state index < -0.39 is 11.8 Å². The van der Waals surface area contributed by atoms with Crippen LogP contribution >= 0.6 is 0 Å². The molecule has 4 aromatic rings. The van der Waals surface area contributed by atoms with Gasteiger partial charge < -0.3 is 20.3 Å². The zero-order valence-electron chi connectivity index (χ0n) is 21.5. The molecule has 9 heteroatoms. The minimum atomic E-state index is -1.10. The molecular weight excluding hydrogens is 471 g/mol. The van der Waals surface area contributed by atoms with Crippen LogP contribution in [0.5, 0.6) is 0 Å². The zero-order chi connectivity index (χ0) is 26.1. The molecule has 2 atom stereocenters. The van der Waals surface area contributed by atoms with Crippen LogP contribution < -0.4 is 5.73 Å². The standard InChI is InChI=1S/C28H33FN6O2/c1-16-22-8-6-19(27(36)33-14-20(29)11-21(30)15-33)13-35(22)32-25(16)23-10-18-7-9-24(28(2,3)37)31-26(18)34(23)12-17-4-5-17/h6-10,13,17,20-21,37H,4-5,11-12,14-15,30H2,1-3H3/t20-,21-/m1/s1. The second-order valence-electron chi connectivity index (χ2n) is 11.3. The molecule has 37 heavy (non-hydrogen) atoms. The third-order valence-corrected chi connectivity index (χ3v) is 7.59. The Kier molecular flexibility index (Phi) is 5.61. The molecule has 0 spiro atoms. The van der Waals surface area contributed by atoms with Gasteiger partial charge in [0.15, 0.2) is 0 Å². The monoisotopic (exact) mass is 504 g/mol. The summed E-state index contributed by atoms with van der Waals surface area (Å²) >= 11 is 0. The fraction of sp³-hybridized carbons (Fsp3) is 0.464. The number of carbonyl (C=O) groups is 1. The smallest absolute Gasteiger partial charge is 0.255 e. The number of carbonyl (C=O) groups excluding carboxylic acids is 1. The highest BCUT2D eigenvalue weighted by Crippen LogP contribution is 2.37. The maximum Gasteiger partial charge on any atom is 0.255 e. The van der Waals surface area contributed by atoms with Crippen molar-refractivity contribution in [3.8, 4) is 11.4 Å². The molecule has 3 N–H and O–H groups in total. The summed E-state index contributed by atoms with van der Waals surface area (Å²) in [5, 5.41) is 16.4. The molecule has 2 aliphatic rings. The lowest BCUT2D eigenvalue weighted by Crippen LogP contribution is -2.50. The topological polar surface area (TPSA) is 102 Å². The number of alkyl halides is 1. The van der Waals surface area contributed by atoms with Crippen LogP contribution in [0.2, 0.25) is 0 Å². The van der Waals surface area contributed by atoms with Crippen molar-refractivity contribution >= 4 is 22.5 Å². The third-order valence-electron chi connectivity index (χ3n) is 7.59. The molecule has 0 unspecified atom stereocenters. The van der Waals surface area contributed by atoms with E-state index in [-0.39, 0.29) is 24.9 Å². The highest BCUT2D eigenvalue weighted by Gasteiger charge is 2.30. The predicted octanol–water partition coefficient (Wildman–Crippen LogP) is 3.81. The number of rotatable bonds is 5. The van der Waals surface area contributed by atoms with E-state index >= 15 is 0 Å². The van der Waals surface area contributed by atoms with Gasteiger partial charge in [-0.15, -0.1) is 0 Å². The summed E-state index contributed by atoms with van der Waals surface area (Å²) in [5.41, 5.74) is 10.6. The lowest BCUT2D eigenvalue weighted by Gasteiger charge is -2.32. The maximum atomic E-state index is 14.1. The summed E-state index contributed by atoms with van der Waals surface area (Å²) < 4.78 is 18.0. The van der Waals surface area contributed by atoms with Crippen LogP contribution in [-0.2, 0) is 12.1 Å². The van der Waals surface area contributed by atoms with E-state index in [4.69, 9.17) is 15.8 Å². The number of aromatic nitrogens is 4. The highest BCUT2D eigenvalue weighted by atomic mass is 19.1. The molecule has 0 radical (unpaired) electrons. The molecule has 194 valence electrons. The largest absolute Gasteiger partial charge is 0.384 e. The minimum absolute atomic E-state index is 0.0643. The molecule has 1 saturated carbocycles. The van der Waals surface area contributed by atoms with Gasteiger partial charge in [-0.25, -0.2) is 13.9 Å². The SMILES string of the molecule is Cc1c(-c2cc3ccc(C(C)(C)O)nc3n2CC2CC2)nn2cc(C(=O)N3C[C@H](N)C[C@@H](F)C3)ccc12. The number of aliphatic hydroxyl groups is 1. The van der Waals surface area contributed by atoms with Gasteiger partial charge in [-0.05, 0) is 76.3 Å². The molecule has 8 nitrogen and oxygen atoms in total. The van der Waals surface area contributed by atoms with Crippen molar-refractivity contribution in [2.24, 2.45) is 11.7 Å². The number of aryl methyl sites for hydroxylation is 1. The molecule has 4 aromatic heterocycles. The Morgan fingerprint density at radius 3 is 2.70 bits per heavy atom. The Bertz CT molecular complexity index is 1500. The zero-order valence-corrected chi connectivity index (χ0v) is 21.5. The Morgan fingerprint density at radius 1 is 1.22 bits per heavy atom. The fourth-order valence-corrected chi connectivity index (χ4v) is 5.37. The van der Waals surface area contributed by atoms with Crippen molar-refractivity contribution in [3.63, 3.8) is 0 Å². The number of halogens is 1. The van der Waals surface area contributed by atoms with Crippen molar-refractivity contribution < 1.29 is 14.3 Å². The van der Waals surface area contributed by atoms with E-state index in [1.54, 1.807) is 30.6 Å². The maximum absolute atomic E-state index is 14.1. The number of pyridine rings is 2. The molecule has 1 amide bonds. The number of amides is 1.